The zero-order valence-electron chi connectivity index (χ0n) is 15.3. The van der Waals surface area contributed by atoms with Crippen LogP contribution < -0.4 is 10.2 Å². The molecule has 1 amide bonds. The summed E-state index contributed by atoms with van der Waals surface area (Å²) in [5, 5.41) is 9.73. The summed E-state index contributed by atoms with van der Waals surface area (Å²) in [5.41, 5.74) is 1.96. The van der Waals surface area contributed by atoms with Crippen LogP contribution in [0.1, 0.15) is 35.8 Å². The Morgan fingerprint density at radius 2 is 2.19 bits per heavy atom. The van der Waals surface area contributed by atoms with Crippen molar-refractivity contribution in [1.29, 1.82) is 0 Å². The number of H-pyrrole nitrogens is 1. The minimum atomic E-state index is -0.238. The molecule has 3 aromatic heterocycles. The molecule has 140 valence electrons. The quantitative estimate of drug-likeness (QED) is 0.725. The van der Waals surface area contributed by atoms with Gasteiger partial charge in [0.25, 0.3) is 5.91 Å². The average Bonchev–Trinajstić information content (AvgIpc) is 3.39. The van der Waals surface area contributed by atoms with E-state index in [9.17, 15) is 4.79 Å². The van der Waals surface area contributed by atoms with E-state index >= 15 is 0 Å². The second kappa shape index (κ2) is 7.65. The molecule has 0 aliphatic carbocycles. The largest absolute Gasteiger partial charge is 0.463 e. The van der Waals surface area contributed by atoms with Crippen molar-refractivity contribution in [3.8, 4) is 11.5 Å². The van der Waals surface area contributed by atoms with Gasteiger partial charge in [-0.1, -0.05) is 13.0 Å². The monoisotopic (exact) mass is 365 g/mol. The fraction of sp³-hybridized carbons (Fsp3) is 0.350. The highest BCUT2D eigenvalue weighted by Gasteiger charge is 2.17. The number of carbonyl (C=O) groups is 1. The van der Waals surface area contributed by atoms with E-state index in [1.54, 1.807) is 18.4 Å². The minimum absolute atomic E-state index is 0.238. The van der Waals surface area contributed by atoms with Crippen molar-refractivity contribution in [2.45, 2.75) is 26.3 Å². The molecule has 0 radical (unpaired) electrons. The molecule has 4 rings (SSSR count). The number of nitrogens with one attached hydrogen (secondary N) is 2. The SMILES string of the molecule is CC1CCN(c2ccc(CNC(=O)c3cc(-c4ccco4)[nH]n3)cn2)CC1. The summed E-state index contributed by atoms with van der Waals surface area (Å²) in [5.74, 6) is 2.21. The van der Waals surface area contributed by atoms with Gasteiger partial charge in [0.1, 0.15) is 11.5 Å². The van der Waals surface area contributed by atoms with Gasteiger partial charge in [-0.25, -0.2) is 4.98 Å². The molecule has 0 bridgehead atoms. The Bertz CT molecular complexity index is 878. The number of pyridine rings is 1. The molecule has 0 unspecified atom stereocenters. The molecule has 1 saturated heterocycles. The summed E-state index contributed by atoms with van der Waals surface area (Å²) in [6.45, 7) is 4.82. The third-order valence-electron chi connectivity index (χ3n) is 4.97. The maximum Gasteiger partial charge on any atom is 0.272 e. The number of rotatable bonds is 5. The van der Waals surface area contributed by atoms with Gasteiger partial charge in [-0.2, -0.15) is 5.10 Å². The van der Waals surface area contributed by atoms with Gasteiger partial charge in [0.2, 0.25) is 0 Å². The van der Waals surface area contributed by atoms with Gasteiger partial charge >= 0.3 is 0 Å². The Labute approximate surface area is 157 Å². The molecule has 7 nitrogen and oxygen atoms in total. The van der Waals surface area contributed by atoms with E-state index in [0.29, 0.717) is 23.7 Å². The third-order valence-corrected chi connectivity index (χ3v) is 4.97. The summed E-state index contributed by atoms with van der Waals surface area (Å²) >= 11 is 0. The molecule has 0 atom stereocenters. The van der Waals surface area contributed by atoms with Crippen molar-refractivity contribution in [2.75, 3.05) is 18.0 Å². The molecule has 2 N–H and O–H groups in total. The molecule has 0 spiro atoms. The molecule has 0 aromatic carbocycles. The molecule has 1 fully saturated rings. The van der Waals surface area contributed by atoms with Gasteiger partial charge in [-0.3, -0.25) is 9.89 Å². The van der Waals surface area contributed by atoms with Gasteiger partial charge in [0, 0.05) is 31.9 Å². The first kappa shape index (κ1) is 17.3. The number of carbonyl (C=O) groups excluding carboxylic acids is 1. The van der Waals surface area contributed by atoms with Gasteiger partial charge in [-0.05, 0) is 42.5 Å². The summed E-state index contributed by atoms with van der Waals surface area (Å²) < 4.78 is 5.29. The normalized spacial score (nSPS) is 15.1. The van der Waals surface area contributed by atoms with E-state index < -0.39 is 0 Å². The number of aromatic amines is 1. The van der Waals surface area contributed by atoms with Crippen LogP contribution in [0.4, 0.5) is 5.82 Å². The minimum Gasteiger partial charge on any atom is -0.463 e. The van der Waals surface area contributed by atoms with Gasteiger partial charge in [0.15, 0.2) is 11.5 Å². The van der Waals surface area contributed by atoms with Crippen LogP contribution in [0.2, 0.25) is 0 Å². The predicted molar refractivity (Wildman–Crippen MR) is 102 cm³/mol. The first-order valence-electron chi connectivity index (χ1n) is 9.26. The lowest BCUT2D eigenvalue weighted by Gasteiger charge is -2.31. The summed E-state index contributed by atoms with van der Waals surface area (Å²) in [6, 6.07) is 9.32. The van der Waals surface area contributed by atoms with Crippen LogP contribution in [0.15, 0.2) is 47.2 Å². The summed E-state index contributed by atoms with van der Waals surface area (Å²) in [4.78, 5) is 19.2. The number of hydrogen-bond acceptors (Lipinski definition) is 5. The molecule has 27 heavy (non-hydrogen) atoms. The number of amides is 1. The number of anilines is 1. The lowest BCUT2D eigenvalue weighted by atomic mass is 9.99. The lowest BCUT2D eigenvalue weighted by Crippen LogP contribution is -2.33. The van der Waals surface area contributed by atoms with Crippen LogP contribution in [0.5, 0.6) is 0 Å². The summed E-state index contributed by atoms with van der Waals surface area (Å²) in [7, 11) is 0. The Balaban J connectivity index is 1.32. The maximum absolute atomic E-state index is 12.3. The molecular weight excluding hydrogens is 342 g/mol. The van der Waals surface area contributed by atoms with Crippen LogP contribution in [-0.2, 0) is 6.54 Å². The van der Waals surface area contributed by atoms with Crippen molar-refractivity contribution < 1.29 is 9.21 Å². The molecular formula is C20H23N5O2. The van der Waals surface area contributed by atoms with Crippen molar-refractivity contribution in [1.82, 2.24) is 20.5 Å². The number of hydrogen-bond donors (Lipinski definition) is 2. The van der Waals surface area contributed by atoms with Gasteiger partial charge in [-0.15, -0.1) is 0 Å². The lowest BCUT2D eigenvalue weighted by molar-refractivity contribution is 0.0946. The molecule has 4 heterocycles. The van der Waals surface area contributed by atoms with E-state index in [0.717, 1.165) is 30.4 Å². The Morgan fingerprint density at radius 3 is 2.89 bits per heavy atom. The topological polar surface area (TPSA) is 87.0 Å². The van der Waals surface area contributed by atoms with E-state index in [1.165, 1.54) is 12.8 Å². The van der Waals surface area contributed by atoms with Crippen LogP contribution in [0, 0.1) is 5.92 Å². The Kier molecular flexibility index (Phi) is 4.91. The van der Waals surface area contributed by atoms with Crippen LogP contribution in [0.3, 0.4) is 0 Å². The third kappa shape index (κ3) is 4.02. The van der Waals surface area contributed by atoms with Crippen molar-refractivity contribution >= 4 is 11.7 Å². The maximum atomic E-state index is 12.3. The molecule has 7 heteroatoms. The van der Waals surface area contributed by atoms with E-state index in [1.807, 2.05) is 24.4 Å². The highest BCUT2D eigenvalue weighted by Crippen LogP contribution is 2.21. The van der Waals surface area contributed by atoms with E-state index in [-0.39, 0.29) is 5.91 Å². The predicted octanol–water partition coefficient (Wildman–Crippen LogP) is 3.23. The van der Waals surface area contributed by atoms with Crippen molar-refractivity contribution in [3.63, 3.8) is 0 Å². The van der Waals surface area contributed by atoms with E-state index in [4.69, 9.17) is 4.42 Å². The number of nitrogens with zero attached hydrogens (tertiary/aromatic N) is 3. The smallest absolute Gasteiger partial charge is 0.272 e. The van der Waals surface area contributed by atoms with Crippen LogP contribution in [-0.4, -0.2) is 34.2 Å². The number of furan rings is 1. The highest BCUT2D eigenvalue weighted by molar-refractivity contribution is 5.93. The first-order chi connectivity index (χ1) is 13.2. The fourth-order valence-corrected chi connectivity index (χ4v) is 3.21. The molecule has 0 saturated carbocycles. The average molecular weight is 365 g/mol. The zero-order valence-corrected chi connectivity index (χ0v) is 15.3. The number of aromatic nitrogens is 3. The summed E-state index contributed by atoms with van der Waals surface area (Å²) in [6.07, 6.45) is 5.83. The first-order valence-corrected chi connectivity index (χ1v) is 9.26. The molecule has 3 aromatic rings. The second-order valence-corrected chi connectivity index (χ2v) is 7.02. The standard InChI is InChI=1S/C20H23N5O2/c1-14-6-8-25(9-7-14)19-5-4-15(12-21-19)13-22-20(26)17-11-16(23-24-17)18-3-2-10-27-18/h2-5,10-12,14H,6-9,13H2,1H3,(H,22,26)(H,23,24). The fourth-order valence-electron chi connectivity index (χ4n) is 3.21. The van der Waals surface area contributed by atoms with Gasteiger partial charge < -0.3 is 14.6 Å². The Hall–Kier alpha value is -3.09. The number of piperidine rings is 1. The van der Waals surface area contributed by atoms with Crippen molar-refractivity contribution in [3.05, 3.63) is 54.0 Å². The van der Waals surface area contributed by atoms with Gasteiger partial charge in [0.05, 0.1) is 6.26 Å². The molecule has 1 aliphatic heterocycles. The van der Waals surface area contributed by atoms with Crippen molar-refractivity contribution in [2.24, 2.45) is 5.92 Å². The second-order valence-electron chi connectivity index (χ2n) is 7.02. The highest BCUT2D eigenvalue weighted by atomic mass is 16.3. The molecule has 1 aliphatic rings. The van der Waals surface area contributed by atoms with Crippen LogP contribution in [0.25, 0.3) is 11.5 Å². The van der Waals surface area contributed by atoms with Crippen LogP contribution >= 0.6 is 0 Å². The van der Waals surface area contributed by atoms with E-state index in [2.05, 4.69) is 32.3 Å². The zero-order chi connectivity index (χ0) is 18.6. The Morgan fingerprint density at radius 1 is 1.33 bits per heavy atom.